The van der Waals surface area contributed by atoms with Crippen LogP contribution in [0.15, 0.2) is 18.2 Å². The van der Waals surface area contributed by atoms with Crippen LogP contribution in [0.1, 0.15) is 37.3 Å². The van der Waals surface area contributed by atoms with E-state index in [9.17, 15) is 13.2 Å². The molecule has 2 N–H and O–H groups in total. The lowest BCUT2D eigenvalue weighted by molar-refractivity contribution is -0.138. The van der Waals surface area contributed by atoms with Gasteiger partial charge in [0.2, 0.25) is 0 Å². The molecule has 0 aromatic heterocycles. The van der Waals surface area contributed by atoms with E-state index in [0.29, 0.717) is 11.6 Å². The molecule has 1 unspecified atom stereocenters. The van der Waals surface area contributed by atoms with E-state index in [1.165, 1.54) is 12.5 Å². The fourth-order valence-electron chi connectivity index (χ4n) is 3.03. The van der Waals surface area contributed by atoms with Crippen molar-refractivity contribution in [1.82, 2.24) is 0 Å². The van der Waals surface area contributed by atoms with Gasteiger partial charge in [0.1, 0.15) is 0 Å². The Kier molecular flexibility index (Phi) is 5.14. The summed E-state index contributed by atoms with van der Waals surface area (Å²) in [5.74, 6) is 0.580. The molecule has 0 radical (unpaired) electrons. The average Bonchev–Trinajstić information content (AvgIpc) is 2.47. The highest BCUT2D eigenvalue weighted by Gasteiger charge is 2.34. The van der Waals surface area contributed by atoms with Gasteiger partial charge in [-0.25, -0.2) is 0 Å². The Morgan fingerprint density at radius 1 is 1.33 bits per heavy atom. The zero-order chi connectivity index (χ0) is 15.5. The molecule has 0 amide bonds. The molecule has 2 nitrogen and oxygen atoms in total. The Morgan fingerprint density at radius 2 is 2.10 bits per heavy atom. The number of halogens is 3. The summed E-state index contributed by atoms with van der Waals surface area (Å²) in [6.45, 7) is 4.05. The van der Waals surface area contributed by atoms with E-state index >= 15 is 0 Å². The van der Waals surface area contributed by atoms with Crippen LogP contribution >= 0.6 is 0 Å². The lowest BCUT2D eigenvalue weighted by Crippen LogP contribution is -2.35. The molecule has 0 saturated carbocycles. The molecule has 1 saturated heterocycles. The van der Waals surface area contributed by atoms with Gasteiger partial charge in [-0.1, -0.05) is 19.4 Å². The number of rotatable bonds is 4. The number of hydrogen-bond acceptors (Lipinski definition) is 2. The van der Waals surface area contributed by atoms with Crippen molar-refractivity contribution in [2.75, 3.05) is 24.5 Å². The van der Waals surface area contributed by atoms with Gasteiger partial charge >= 0.3 is 6.18 Å². The average molecular weight is 300 g/mol. The van der Waals surface area contributed by atoms with Crippen molar-refractivity contribution in [3.05, 3.63) is 29.3 Å². The lowest BCUT2D eigenvalue weighted by atomic mass is 9.94. The van der Waals surface area contributed by atoms with Crippen LogP contribution in [-0.2, 0) is 12.6 Å². The van der Waals surface area contributed by atoms with E-state index < -0.39 is 11.7 Å². The van der Waals surface area contributed by atoms with Crippen LogP contribution in [-0.4, -0.2) is 19.6 Å². The number of benzene rings is 1. The Labute approximate surface area is 124 Å². The summed E-state index contributed by atoms with van der Waals surface area (Å²) in [5, 5.41) is 0. The molecule has 1 aromatic carbocycles. The van der Waals surface area contributed by atoms with Crippen molar-refractivity contribution >= 4 is 5.69 Å². The molecule has 118 valence electrons. The molecule has 21 heavy (non-hydrogen) atoms. The van der Waals surface area contributed by atoms with Gasteiger partial charge in [0.15, 0.2) is 0 Å². The van der Waals surface area contributed by atoms with Crippen molar-refractivity contribution in [3.63, 3.8) is 0 Å². The van der Waals surface area contributed by atoms with E-state index in [2.05, 4.69) is 11.8 Å². The second kappa shape index (κ2) is 6.69. The van der Waals surface area contributed by atoms with Gasteiger partial charge in [0.05, 0.1) is 5.56 Å². The predicted molar refractivity (Wildman–Crippen MR) is 79.4 cm³/mol. The van der Waals surface area contributed by atoms with Crippen LogP contribution in [0.4, 0.5) is 18.9 Å². The predicted octanol–water partition coefficient (Wildman–Crippen LogP) is 3.83. The van der Waals surface area contributed by atoms with Gasteiger partial charge in [0.25, 0.3) is 0 Å². The smallest absolute Gasteiger partial charge is 0.371 e. The summed E-state index contributed by atoms with van der Waals surface area (Å²) >= 11 is 0. The van der Waals surface area contributed by atoms with E-state index in [0.717, 1.165) is 25.9 Å². The summed E-state index contributed by atoms with van der Waals surface area (Å²) in [4.78, 5) is 2.08. The molecule has 1 aliphatic rings. The van der Waals surface area contributed by atoms with Crippen LogP contribution in [0, 0.1) is 5.92 Å². The minimum absolute atomic E-state index is 0.226. The minimum Gasteiger partial charge on any atom is -0.371 e. The number of anilines is 1. The number of alkyl halides is 3. The van der Waals surface area contributed by atoms with Crippen molar-refractivity contribution in [2.24, 2.45) is 11.7 Å². The second-order valence-electron chi connectivity index (χ2n) is 5.74. The lowest BCUT2D eigenvalue weighted by Gasteiger charge is -2.34. The first-order valence-electron chi connectivity index (χ1n) is 7.60. The van der Waals surface area contributed by atoms with E-state index in [4.69, 9.17) is 5.73 Å². The van der Waals surface area contributed by atoms with Crippen LogP contribution in [0.25, 0.3) is 0 Å². The maximum absolute atomic E-state index is 13.2. The second-order valence-corrected chi connectivity index (χ2v) is 5.74. The van der Waals surface area contributed by atoms with E-state index in [-0.39, 0.29) is 18.5 Å². The topological polar surface area (TPSA) is 29.3 Å². The first-order valence-corrected chi connectivity index (χ1v) is 7.60. The van der Waals surface area contributed by atoms with Gasteiger partial charge in [-0.2, -0.15) is 13.2 Å². The first-order chi connectivity index (χ1) is 9.95. The monoisotopic (exact) mass is 300 g/mol. The molecular weight excluding hydrogens is 277 g/mol. The highest BCUT2D eigenvalue weighted by molar-refractivity contribution is 5.52. The molecule has 1 aromatic rings. The largest absolute Gasteiger partial charge is 0.416 e. The summed E-state index contributed by atoms with van der Waals surface area (Å²) in [7, 11) is 0. The van der Waals surface area contributed by atoms with Gasteiger partial charge < -0.3 is 10.6 Å². The SMILES string of the molecule is CCC1CCCN(c2ccc(CCN)c(C(F)(F)F)c2)C1. The normalized spacial score (nSPS) is 19.9. The molecule has 1 atom stereocenters. The van der Waals surface area contributed by atoms with Crippen molar-refractivity contribution in [3.8, 4) is 0 Å². The molecule has 1 aliphatic heterocycles. The van der Waals surface area contributed by atoms with Crippen LogP contribution in [0.5, 0.6) is 0 Å². The van der Waals surface area contributed by atoms with Crippen LogP contribution in [0.2, 0.25) is 0 Å². The molecule has 1 heterocycles. The Hall–Kier alpha value is -1.23. The van der Waals surface area contributed by atoms with E-state index in [1.54, 1.807) is 12.1 Å². The van der Waals surface area contributed by atoms with Gasteiger partial charge in [-0.05, 0) is 49.4 Å². The molecule has 0 bridgehead atoms. The fourth-order valence-corrected chi connectivity index (χ4v) is 3.03. The molecule has 1 fully saturated rings. The quantitative estimate of drug-likeness (QED) is 0.915. The molecule has 2 rings (SSSR count). The zero-order valence-corrected chi connectivity index (χ0v) is 12.4. The van der Waals surface area contributed by atoms with Crippen LogP contribution < -0.4 is 10.6 Å². The number of hydrogen-bond donors (Lipinski definition) is 1. The zero-order valence-electron chi connectivity index (χ0n) is 12.4. The van der Waals surface area contributed by atoms with Gasteiger partial charge in [0, 0.05) is 18.8 Å². The Bertz CT molecular complexity index is 471. The minimum atomic E-state index is -4.32. The highest BCUT2D eigenvalue weighted by atomic mass is 19.4. The van der Waals surface area contributed by atoms with Gasteiger partial charge in [-0.3, -0.25) is 0 Å². The number of piperidine rings is 1. The molecule has 0 aliphatic carbocycles. The third-order valence-corrected chi connectivity index (χ3v) is 4.27. The molecule has 0 spiro atoms. The summed E-state index contributed by atoms with van der Waals surface area (Å²) in [5.41, 5.74) is 5.85. The Morgan fingerprint density at radius 3 is 2.71 bits per heavy atom. The number of nitrogens with two attached hydrogens (primary N) is 1. The standard InChI is InChI=1S/C16H23F3N2/c1-2-12-4-3-9-21(11-12)14-6-5-13(7-8-20)15(10-14)16(17,18)19/h5-6,10,12H,2-4,7-9,11,20H2,1H3. The van der Waals surface area contributed by atoms with Crippen molar-refractivity contribution in [1.29, 1.82) is 0 Å². The van der Waals surface area contributed by atoms with Crippen molar-refractivity contribution < 1.29 is 13.2 Å². The van der Waals surface area contributed by atoms with Crippen molar-refractivity contribution in [2.45, 2.75) is 38.8 Å². The highest BCUT2D eigenvalue weighted by Crippen LogP contribution is 2.36. The number of nitrogens with zero attached hydrogens (tertiary/aromatic N) is 1. The van der Waals surface area contributed by atoms with Crippen LogP contribution in [0.3, 0.4) is 0 Å². The molecular formula is C16H23F3N2. The summed E-state index contributed by atoms with van der Waals surface area (Å²) < 4.78 is 39.6. The third-order valence-electron chi connectivity index (χ3n) is 4.27. The fraction of sp³-hybridized carbons (Fsp3) is 0.625. The maximum atomic E-state index is 13.2. The molecule has 5 heteroatoms. The van der Waals surface area contributed by atoms with Gasteiger partial charge in [-0.15, -0.1) is 0 Å². The summed E-state index contributed by atoms with van der Waals surface area (Å²) in [6, 6.07) is 4.68. The third kappa shape index (κ3) is 3.90. The summed E-state index contributed by atoms with van der Waals surface area (Å²) in [6.07, 6.45) is -0.768. The first kappa shape index (κ1) is 16.1. The maximum Gasteiger partial charge on any atom is 0.416 e. The van der Waals surface area contributed by atoms with E-state index in [1.807, 2.05) is 0 Å². The Balaban J connectivity index is 2.28.